The van der Waals surface area contributed by atoms with Gasteiger partial charge in [0, 0.05) is 19.1 Å². The Hall–Kier alpha value is -0.130. The molecule has 5 heteroatoms. The van der Waals surface area contributed by atoms with E-state index in [1.165, 1.54) is 12.8 Å². The van der Waals surface area contributed by atoms with Crippen molar-refractivity contribution in [2.24, 2.45) is 11.7 Å². The van der Waals surface area contributed by atoms with E-state index < -0.39 is 9.84 Å². The van der Waals surface area contributed by atoms with Crippen LogP contribution in [0.4, 0.5) is 0 Å². The van der Waals surface area contributed by atoms with Gasteiger partial charge in [-0.05, 0) is 39.2 Å². The summed E-state index contributed by atoms with van der Waals surface area (Å²) in [6, 6.07) is 0.367. The molecule has 0 aliphatic carbocycles. The first kappa shape index (κ1) is 15.9. The van der Waals surface area contributed by atoms with E-state index in [1.54, 1.807) is 13.8 Å². The predicted molar refractivity (Wildman–Crippen MR) is 76.4 cm³/mol. The maximum absolute atomic E-state index is 11.8. The van der Waals surface area contributed by atoms with E-state index in [9.17, 15) is 8.42 Å². The van der Waals surface area contributed by atoms with Crippen molar-refractivity contribution < 1.29 is 8.42 Å². The average Bonchev–Trinajstić information content (AvgIpc) is 2.35. The molecule has 1 heterocycles. The van der Waals surface area contributed by atoms with E-state index in [2.05, 4.69) is 11.8 Å². The van der Waals surface area contributed by atoms with E-state index in [-0.39, 0.29) is 11.0 Å². The SMILES string of the molecule is CCC1CCN(CCS(=O)(=O)C(C)C)C(CN)C1. The van der Waals surface area contributed by atoms with Crippen LogP contribution in [0.1, 0.15) is 40.0 Å². The highest BCUT2D eigenvalue weighted by Crippen LogP contribution is 2.24. The molecule has 1 aliphatic rings. The third-order valence-corrected chi connectivity index (χ3v) is 6.37. The van der Waals surface area contributed by atoms with Crippen LogP contribution in [0, 0.1) is 5.92 Å². The number of hydrogen-bond donors (Lipinski definition) is 1. The molecule has 4 nitrogen and oxygen atoms in total. The highest BCUT2D eigenvalue weighted by Gasteiger charge is 2.28. The second kappa shape index (κ2) is 6.87. The van der Waals surface area contributed by atoms with Gasteiger partial charge < -0.3 is 5.73 Å². The van der Waals surface area contributed by atoms with Crippen LogP contribution in [0.2, 0.25) is 0 Å². The van der Waals surface area contributed by atoms with E-state index in [0.29, 0.717) is 19.1 Å². The molecule has 108 valence electrons. The molecule has 0 aromatic carbocycles. The molecule has 0 radical (unpaired) electrons. The normalized spacial score (nSPS) is 26.7. The van der Waals surface area contributed by atoms with Crippen molar-refractivity contribution >= 4 is 9.84 Å². The Morgan fingerprint density at radius 3 is 2.56 bits per heavy atom. The third kappa shape index (κ3) is 4.21. The molecule has 1 aliphatic heterocycles. The zero-order valence-corrected chi connectivity index (χ0v) is 12.7. The van der Waals surface area contributed by atoms with Gasteiger partial charge in [0.15, 0.2) is 9.84 Å². The lowest BCUT2D eigenvalue weighted by Gasteiger charge is -2.38. The number of piperidine rings is 1. The minimum Gasteiger partial charge on any atom is -0.329 e. The van der Waals surface area contributed by atoms with Gasteiger partial charge >= 0.3 is 0 Å². The van der Waals surface area contributed by atoms with Crippen LogP contribution in [0.25, 0.3) is 0 Å². The van der Waals surface area contributed by atoms with Crippen molar-refractivity contribution in [2.75, 3.05) is 25.4 Å². The van der Waals surface area contributed by atoms with Crippen LogP contribution in [-0.4, -0.2) is 50.0 Å². The maximum atomic E-state index is 11.8. The lowest BCUT2D eigenvalue weighted by molar-refractivity contribution is 0.121. The van der Waals surface area contributed by atoms with Gasteiger partial charge in [-0.15, -0.1) is 0 Å². The summed E-state index contributed by atoms with van der Waals surface area (Å²) < 4.78 is 23.7. The summed E-state index contributed by atoms with van der Waals surface area (Å²) in [5.74, 6) is 1.02. The highest BCUT2D eigenvalue weighted by atomic mass is 32.2. The van der Waals surface area contributed by atoms with Gasteiger partial charge in [0.2, 0.25) is 0 Å². The molecule has 18 heavy (non-hydrogen) atoms. The Morgan fingerprint density at radius 1 is 1.39 bits per heavy atom. The molecule has 0 aromatic heterocycles. The van der Waals surface area contributed by atoms with Crippen molar-refractivity contribution in [1.82, 2.24) is 4.90 Å². The minimum absolute atomic E-state index is 0.262. The summed E-state index contributed by atoms with van der Waals surface area (Å²) in [6.07, 6.45) is 3.50. The smallest absolute Gasteiger partial charge is 0.153 e. The summed E-state index contributed by atoms with van der Waals surface area (Å²) in [7, 11) is -2.93. The molecule has 2 unspecified atom stereocenters. The fraction of sp³-hybridized carbons (Fsp3) is 1.00. The van der Waals surface area contributed by atoms with Gasteiger partial charge in [-0.2, -0.15) is 0 Å². The van der Waals surface area contributed by atoms with Crippen LogP contribution in [0.3, 0.4) is 0 Å². The molecule has 0 spiro atoms. The molecule has 0 saturated carbocycles. The molecular formula is C13H28N2O2S. The van der Waals surface area contributed by atoms with Crippen molar-refractivity contribution in [1.29, 1.82) is 0 Å². The van der Waals surface area contributed by atoms with Gasteiger partial charge in [0.25, 0.3) is 0 Å². The van der Waals surface area contributed by atoms with Crippen molar-refractivity contribution in [3.8, 4) is 0 Å². The first-order valence-corrected chi connectivity index (χ1v) is 8.78. The van der Waals surface area contributed by atoms with Gasteiger partial charge in [-0.3, -0.25) is 4.90 Å². The predicted octanol–water partition coefficient (Wildman–Crippen LogP) is 1.26. The van der Waals surface area contributed by atoms with E-state index in [4.69, 9.17) is 5.73 Å². The molecule has 1 saturated heterocycles. The van der Waals surface area contributed by atoms with Gasteiger partial charge in [0.1, 0.15) is 0 Å². The summed E-state index contributed by atoms with van der Waals surface area (Å²) in [4.78, 5) is 2.27. The lowest BCUT2D eigenvalue weighted by atomic mass is 9.89. The Bertz CT molecular complexity index is 341. The van der Waals surface area contributed by atoms with Crippen LogP contribution in [0.15, 0.2) is 0 Å². The number of sulfone groups is 1. The Labute approximate surface area is 112 Å². The maximum Gasteiger partial charge on any atom is 0.153 e. The van der Waals surface area contributed by atoms with Crippen LogP contribution in [-0.2, 0) is 9.84 Å². The summed E-state index contributed by atoms with van der Waals surface area (Å²) in [6.45, 7) is 7.99. The molecule has 2 atom stereocenters. The second-order valence-corrected chi connectivity index (χ2v) is 8.32. The molecule has 0 aromatic rings. The highest BCUT2D eigenvalue weighted by molar-refractivity contribution is 7.92. The molecule has 1 rings (SSSR count). The number of nitrogens with zero attached hydrogens (tertiary/aromatic N) is 1. The van der Waals surface area contributed by atoms with E-state index in [0.717, 1.165) is 18.9 Å². The quantitative estimate of drug-likeness (QED) is 0.793. The topological polar surface area (TPSA) is 63.4 Å². The number of hydrogen-bond acceptors (Lipinski definition) is 4. The number of likely N-dealkylation sites (tertiary alicyclic amines) is 1. The Balaban J connectivity index is 2.52. The molecule has 1 fully saturated rings. The van der Waals surface area contributed by atoms with Crippen LogP contribution in [0.5, 0.6) is 0 Å². The zero-order chi connectivity index (χ0) is 13.8. The van der Waals surface area contributed by atoms with Crippen molar-refractivity contribution in [3.05, 3.63) is 0 Å². The first-order valence-electron chi connectivity index (χ1n) is 7.06. The number of nitrogens with two attached hydrogens (primary N) is 1. The lowest BCUT2D eigenvalue weighted by Crippen LogP contribution is -2.48. The van der Waals surface area contributed by atoms with Crippen molar-refractivity contribution in [2.45, 2.75) is 51.3 Å². The van der Waals surface area contributed by atoms with Crippen LogP contribution >= 0.6 is 0 Å². The molecular weight excluding hydrogens is 248 g/mol. The van der Waals surface area contributed by atoms with E-state index >= 15 is 0 Å². The molecule has 0 bridgehead atoms. The van der Waals surface area contributed by atoms with Gasteiger partial charge in [-0.25, -0.2) is 8.42 Å². The summed E-state index contributed by atoms with van der Waals surface area (Å²) in [5.41, 5.74) is 5.82. The second-order valence-electron chi connectivity index (χ2n) is 5.64. The standard InChI is InChI=1S/C13H28N2O2S/c1-4-12-5-6-15(13(9-12)10-14)7-8-18(16,17)11(2)3/h11-13H,4-10,14H2,1-3H3. The first-order chi connectivity index (χ1) is 8.40. The van der Waals surface area contributed by atoms with Gasteiger partial charge in [0.05, 0.1) is 11.0 Å². The average molecular weight is 276 g/mol. The molecule has 2 N–H and O–H groups in total. The van der Waals surface area contributed by atoms with Crippen molar-refractivity contribution in [3.63, 3.8) is 0 Å². The fourth-order valence-corrected chi connectivity index (χ4v) is 3.53. The fourth-order valence-electron chi connectivity index (χ4n) is 2.57. The third-order valence-electron chi connectivity index (χ3n) is 4.18. The zero-order valence-electron chi connectivity index (χ0n) is 11.9. The Morgan fingerprint density at radius 2 is 2.06 bits per heavy atom. The molecule has 0 amide bonds. The minimum atomic E-state index is -2.93. The Kier molecular flexibility index (Phi) is 6.08. The van der Waals surface area contributed by atoms with Crippen LogP contribution < -0.4 is 5.73 Å². The largest absolute Gasteiger partial charge is 0.329 e. The summed E-state index contributed by atoms with van der Waals surface area (Å²) >= 11 is 0. The summed E-state index contributed by atoms with van der Waals surface area (Å²) in [5, 5.41) is -0.276. The monoisotopic (exact) mass is 276 g/mol. The van der Waals surface area contributed by atoms with E-state index in [1.807, 2.05) is 0 Å². The van der Waals surface area contributed by atoms with Gasteiger partial charge in [-0.1, -0.05) is 13.3 Å². The number of rotatable bonds is 6.